The van der Waals surface area contributed by atoms with Crippen LogP contribution in [0.2, 0.25) is 0 Å². The summed E-state index contributed by atoms with van der Waals surface area (Å²) < 4.78 is 63.5. The number of hydrogen-bond donors (Lipinski definition) is 2. The van der Waals surface area contributed by atoms with Crippen molar-refractivity contribution in [2.45, 2.75) is 44.8 Å². The quantitative estimate of drug-likeness (QED) is 0.0637. The van der Waals surface area contributed by atoms with E-state index >= 15 is 0 Å². The van der Waals surface area contributed by atoms with Gasteiger partial charge in [0, 0.05) is 18.2 Å². The third kappa shape index (κ3) is 10.6. The smallest absolute Gasteiger partial charge is 0.415 e. The molecule has 0 radical (unpaired) electrons. The average Bonchev–Trinajstić information content (AvgIpc) is 4.06. The fraction of sp³-hybridized carbons (Fsp3) is 0.317. The van der Waals surface area contributed by atoms with Gasteiger partial charge in [0.05, 0.1) is 38.8 Å². The molecule has 4 aromatic carbocycles. The van der Waals surface area contributed by atoms with Crippen LogP contribution >= 0.6 is 0 Å². The summed E-state index contributed by atoms with van der Waals surface area (Å²) in [6.45, 7) is 0.630. The average molecular weight is 778 g/mol. The van der Waals surface area contributed by atoms with Crippen molar-refractivity contribution in [3.05, 3.63) is 125 Å². The number of aryl methyl sites for hydroxylation is 1. The first-order valence-corrected chi connectivity index (χ1v) is 18.1. The minimum absolute atomic E-state index is 0.00532. The second kappa shape index (κ2) is 18.8. The maximum Gasteiger partial charge on any atom is 0.415 e. The highest BCUT2D eigenvalue weighted by atomic mass is 19.2. The van der Waals surface area contributed by atoms with Crippen molar-refractivity contribution in [1.82, 2.24) is 15.2 Å². The van der Waals surface area contributed by atoms with E-state index in [4.69, 9.17) is 29.4 Å². The fourth-order valence-corrected chi connectivity index (χ4v) is 6.34. The Labute approximate surface area is 321 Å². The van der Waals surface area contributed by atoms with Crippen molar-refractivity contribution in [3.8, 4) is 23.0 Å². The van der Waals surface area contributed by atoms with Crippen LogP contribution in [0.3, 0.4) is 0 Å². The zero-order valence-corrected chi connectivity index (χ0v) is 30.7. The predicted octanol–water partition coefficient (Wildman–Crippen LogP) is 7.36. The second-order valence-electron chi connectivity index (χ2n) is 13.2. The zero-order chi connectivity index (χ0) is 39.6. The lowest BCUT2D eigenvalue weighted by molar-refractivity contribution is -0.497. The van der Waals surface area contributed by atoms with E-state index < -0.39 is 34.7 Å². The highest BCUT2D eigenvalue weighted by molar-refractivity contribution is 6.03. The van der Waals surface area contributed by atoms with E-state index in [0.717, 1.165) is 35.6 Å². The van der Waals surface area contributed by atoms with Gasteiger partial charge in [0.25, 0.3) is 5.91 Å². The van der Waals surface area contributed by atoms with Gasteiger partial charge in [0.15, 0.2) is 17.4 Å². The molecule has 2 N–H and O–H groups in total. The minimum Gasteiger partial charge on any atom is -0.497 e. The molecule has 0 aromatic heterocycles. The van der Waals surface area contributed by atoms with Crippen molar-refractivity contribution in [2.75, 3.05) is 40.0 Å². The predicted molar refractivity (Wildman–Crippen MR) is 196 cm³/mol. The summed E-state index contributed by atoms with van der Waals surface area (Å²) in [6.07, 6.45) is 2.33. The van der Waals surface area contributed by atoms with E-state index in [2.05, 4.69) is 4.84 Å². The summed E-state index contributed by atoms with van der Waals surface area (Å²) in [4.78, 5) is 35.9. The van der Waals surface area contributed by atoms with Gasteiger partial charge >= 0.3 is 6.09 Å². The van der Waals surface area contributed by atoms with Gasteiger partial charge in [0.2, 0.25) is 5.82 Å². The molecule has 2 aliphatic rings. The summed E-state index contributed by atoms with van der Waals surface area (Å²) in [5.74, 6) is -2.92. The van der Waals surface area contributed by atoms with Crippen molar-refractivity contribution in [2.24, 2.45) is 0 Å². The van der Waals surface area contributed by atoms with Crippen molar-refractivity contribution >= 4 is 17.6 Å². The molecule has 0 unspecified atom stereocenters. The van der Waals surface area contributed by atoms with E-state index in [1.807, 2.05) is 24.3 Å². The van der Waals surface area contributed by atoms with Crippen molar-refractivity contribution < 1.29 is 57.0 Å². The molecule has 6 rings (SSSR count). The van der Waals surface area contributed by atoms with Gasteiger partial charge < -0.3 is 28.7 Å². The Bertz CT molecular complexity index is 2010. The molecule has 0 saturated heterocycles. The van der Waals surface area contributed by atoms with Gasteiger partial charge in [-0.1, -0.05) is 36.4 Å². The number of halogens is 3. The number of methoxy groups -OCH3 is 1. The minimum atomic E-state index is -1.36. The topological polar surface area (TPSA) is 130 Å². The molecule has 2 amide bonds. The molecule has 12 nitrogen and oxygen atoms in total. The molecule has 296 valence electrons. The van der Waals surface area contributed by atoms with Crippen LogP contribution in [0.5, 0.6) is 23.0 Å². The maximum atomic E-state index is 14.5. The van der Waals surface area contributed by atoms with Crippen LogP contribution in [-0.2, 0) is 22.7 Å². The third-order valence-electron chi connectivity index (χ3n) is 9.38. The van der Waals surface area contributed by atoms with Gasteiger partial charge in [-0.25, -0.2) is 18.4 Å². The van der Waals surface area contributed by atoms with Crippen LogP contribution in [0.15, 0.2) is 90.5 Å². The number of ether oxygens (including phenoxy) is 4. The van der Waals surface area contributed by atoms with Crippen LogP contribution < -0.4 is 18.9 Å². The summed E-state index contributed by atoms with van der Waals surface area (Å²) in [5.41, 5.74) is 3.50. The second-order valence-corrected chi connectivity index (χ2v) is 13.2. The maximum absolute atomic E-state index is 14.5. The first-order chi connectivity index (χ1) is 27.1. The molecule has 0 atom stereocenters. The van der Waals surface area contributed by atoms with Crippen LogP contribution in [0.4, 0.5) is 18.0 Å². The fourth-order valence-electron chi connectivity index (χ4n) is 6.34. The number of carbonyl (C=O) groups excluding carboxylic acids is 2. The SMILES string of the molecule is COc1ccc(OCCN(C(=O)C2=C(c3ccc(CCCOc4c(F)ccc(F)c4F)cc3)CCN(C(=O)Oc3cccc(CON(O)O)c3)C2)C2CC2)cc1. The van der Waals surface area contributed by atoms with E-state index in [1.54, 1.807) is 54.5 Å². The highest BCUT2D eigenvalue weighted by Gasteiger charge is 2.37. The van der Waals surface area contributed by atoms with Crippen LogP contribution in [0.1, 0.15) is 42.4 Å². The third-order valence-corrected chi connectivity index (χ3v) is 9.38. The molecule has 0 bridgehead atoms. The van der Waals surface area contributed by atoms with Crippen LogP contribution in [0.25, 0.3) is 5.57 Å². The Morgan fingerprint density at radius 3 is 2.29 bits per heavy atom. The number of rotatable bonds is 17. The first-order valence-electron chi connectivity index (χ1n) is 18.1. The van der Waals surface area contributed by atoms with Gasteiger partial charge in [-0.15, -0.1) is 0 Å². The summed E-state index contributed by atoms with van der Waals surface area (Å²) >= 11 is 0. The standard InChI is InChI=1S/C41H42F3N3O9/c1-52-31-13-15-32(16-14-31)53-23-21-46(30-11-12-30)40(48)35-25-45(41(49)56-33-6-2-4-28(24-33)26-55-47(50)51)20-19-34(35)29-9-7-27(8-10-29)5-3-22-54-39-37(43)18-17-36(42)38(39)44/h2,4,6-10,13-18,24,30,50-51H,3,5,11-12,19-23,25-26H2,1H3. The molecule has 1 heterocycles. The van der Waals surface area contributed by atoms with Gasteiger partial charge in [-0.3, -0.25) is 15.2 Å². The summed E-state index contributed by atoms with van der Waals surface area (Å²) in [6, 6.07) is 22.7. The van der Waals surface area contributed by atoms with Crippen LogP contribution in [0, 0.1) is 17.5 Å². The van der Waals surface area contributed by atoms with E-state index in [1.165, 1.54) is 11.0 Å². The molecular formula is C41H42F3N3O9. The van der Waals surface area contributed by atoms with Gasteiger partial charge in [0.1, 0.15) is 23.9 Å². The van der Waals surface area contributed by atoms with E-state index in [-0.39, 0.29) is 50.6 Å². The molecule has 15 heteroatoms. The Kier molecular flexibility index (Phi) is 13.5. The molecule has 1 aliphatic carbocycles. The molecule has 1 aliphatic heterocycles. The normalized spacial score (nSPS) is 14.2. The number of amides is 2. The van der Waals surface area contributed by atoms with Crippen molar-refractivity contribution in [3.63, 3.8) is 0 Å². The molecule has 1 saturated carbocycles. The molecule has 4 aromatic rings. The monoisotopic (exact) mass is 777 g/mol. The van der Waals surface area contributed by atoms with E-state index in [9.17, 15) is 22.8 Å². The van der Waals surface area contributed by atoms with Gasteiger partial charge in [-0.05, 0) is 103 Å². The summed E-state index contributed by atoms with van der Waals surface area (Å²) in [7, 11) is 1.58. The largest absolute Gasteiger partial charge is 0.497 e. The van der Waals surface area contributed by atoms with E-state index in [0.29, 0.717) is 54.5 Å². The highest BCUT2D eigenvalue weighted by Crippen LogP contribution is 2.34. The van der Waals surface area contributed by atoms with Gasteiger partial charge in [-0.2, -0.15) is 4.39 Å². The number of hydrogen-bond acceptors (Lipinski definition) is 10. The molecular weight excluding hydrogens is 735 g/mol. The Morgan fingerprint density at radius 1 is 0.839 bits per heavy atom. The number of nitrogens with zero attached hydrogens (tertiary/aromatic N) is 3. The lowest BCUT2D eigenvalue weighted by atomic mass is 9.91. The Balaban J connectivity index is 1.17. The molecule has 1 fully saturated rings. The number of benzene rings is 4. The lowest BCUT2D eigenvalue weighted by Gasteiger charge is -2.33. The molecule has 56 heavy (non-hydrogen) atoms. The zero-order valence-electron chi connectivity index (χ0n) is 30.7. The molecule has 0 spiro atoms. The first kappa shape index (κ1) is 40.1. The Hall–Kier alpha value is -5.61. The van der Waals surface area contributed by atoms with Crippen molar-refractivity contribution in [1.29, 1.82) is 0 Å². The number of carbonyl (C=O) groups is 2. The summed E-state index contributed by atoms with van der Waals surface area (Å²) in [5, 5.41) is 17.3. The van der Waals surface area contributed by atoms with Crippen LogP contribution in [-0.4, -0.2) is 83.6 Å². The Morgan fingerprint density at radius 2 is 1.57 bits per heavy atom. The lowest BCUT2D eigenvalue weighted by Crippen LogP contribution is -2.45.